The lowest BCUT2D eigenvalue weighted by atomic mass is 9.95. The molecule has 0 spiro atoms. The number of likely N-dealkylation sites (tertiary alicyclic amines) is 1. The Balaban J connectivity index is 1.87. The minimum atomic E-state index is -0.292. The highest BCUT2D eigenvalue weighted by atomic mass is 19.1. The van der Waals surface area contributed by atoms with Crippen LogP contribution in [0.5, 0.6) is 0 Å². The Labute approximate surface area is 130 Å². The van der Waals surface area contributed by atoms with Crippen LogP contribution in [0.25, 0.3) is 0 Å². The van der Waals surface area contributed by atoms with Gasteiger partial charge in [-0.1, -0.05) is 24.8 Å². The molecule has 22 heavy (non-hydrogen) atoms. The minimum absolute atomic E-state index is 0.00135. The molecule has 2 rings (SSSR count). The van der Waals surface area contributed by atoms with E-state index in [2.05, 4.69) is 6.58 Å². The molecular weight excluding hydrogens is 283 g/mol. The van der Waals surface area contributed by atoms with E-state index in [0.29, 0.717) is 31.6 Å². The summed E-state index contributed by atoms with van der Waals surface area (Å²) >= 11 is 0. The summed E-state index contributed by atoms with van der Waals surface area (Å²) < 4.78 is 13.7. The number of hydrogen-bond donors (Lipinski definition) is 0. The minimum Gasteiger partial charge on any atom is -0.339 e. The van der Waals surface area contributed by atoms with Crippen molar-refractivity contribution < 1.29 is 14.0 Å². The van der Waals surface area contributed by atoms with Gasteiger partial charge in [0.05, 0.1) is 0 Å². The summed E-state index contributed by atoms with van der Waals surface area (Å²) in [5.41, 5.74) is 0.523. The highest BCUT2D eigenvalue weighted by Crippen LogP contribution is 2.21. The first-order valence-electron chi connectivity index (χ1n) is 7.47. The molecule has 0 saturated carbocycles. The first kappa shape index (κ1) is 16.2. The van der Waals surface area contributed by atoms with Gasteiger partial charge in [-0.25, -0.2) is 4.39 Å². The Hall–Kier alpha value is -2.17. The molecule has 0 N–H and O–H groups in total. The second-order valence-corrected chi connectivity index (χ2v) is 5.52. The molecule has 1 saturated heterocycles. The fourth-order valence-corrected chi connectivity index (χ4v) is 2.59. The van der Waals surface area contributed by atoms with Crippen LogP contribution in [0.3, 0.4) is 0 Å². The molecule has 0 aromatic heterocycles. The lowest BCUT2D eigenvalue weighted by molar-refractivity contribution is -0.139. The average Bonchev–Trinajstić information content (AvgIpc) is 2.48. The van der Waals surface area contributed by atoms with Crippen LogP contribution < -0.4 is 0 Å². The number of carbonyl (C=O) groups excluding carboxylic acids is 2. The number of halogens is 1. The number of benzene rings is 1. The summed E-state index contributed by atoms with van der Waals surface area (Å²) in [7, 11) is 0. The fraction of sp³-hybridized carbons (Fsp3) is 0.412. The first-order chi connectivity index (χ1) is 10.5. The van der Waals surface area contributed by atoms with E-state index in [1.807, 2.05) is 6.92 Å². The van der Waals surface area contributed by atoms with E-state index < -0.39 is 0 Å². The van der Waals surface area contributed by atoms with Gasteiger partial charge in [-0.15, -0.1) is 0 Å². The monoisotopic (exact) mass is 304 g/mol. The van der Waals surface area contributed by atoms with Crippen LogP contribution >= 0.6 is 0 Å². The normalized spacial score (nSPS) is 14.4. The number of nitrogens with zero attached hydrogens (tertiary/aromatic N) is 2. The molecule has 1 aromatic carbocycles. The lowest BCUT2D eigenvalue weighted by Gasteiger charge is -2.39. The zero-order chi connectivity index (χ0) is 16.1. The van der Waals surface area contributed by atoms with Gasteiger partial charge < -0.3 is 9.80 Å². The topological polar surface area (TPSA) is 40.6 Å². The third-order valence-corrected chi connectivity index (χ3v) is 3.96. The average molecular weight is 304 g/mol. The zero-order valence-electron chi connectivity index (χ0n) is 12.8. The Morgan fingerprint density at radius 1 is 1.41 bits per heavy atom. The molecule has 0 bridgehead atoms. The molecule has 0 unspecified atom stereocenters. The van der Waals surface area contributed by atoms with Gasteiger partial charge in [0.1, 0.15) is 5.82 Å². The zero-order valence-corrected chi connectivity index (χ0v) is 12.8. The van der Waals surface area contributed by atoms with E-state index >= 15 is 0 Å². The maximum absolute atomic E-state index is 13.7. The van der Waals surface area contributed by atoms with Crippen molar-refractivity contribution in [2.24, 2.45) is 5.92 Å². The number of hydrogen-bond acceptors (Lipinski definition) is 2. The van der Waals surface area contributed by atoms with Gasteiger partial charge in [0.15, 0.2) is 0 Å². The van der Waals surface area contributed by atoms with E-state index in [9.17, 15) is 14.0 Å². The first-order valence-corrected chi connectivity index (χ1v) is 7.47. The molecule has 1 aliphatic heterocycles. The smallest absolute Gasteiger partial charge is 0.245 e. The number of amides is 2. The summed E-state index contributed by atoms with van der Waals surface area (Å²) in [5.74, 6) is -0.199. The molecule has 0 radical (unpaired) electrons. The predicted molar refractivity (Wildman–Crippen MR) is 82.4 cm³/mol. The largest absolute Gasteiger partial charge is 0.339 e. The van der Waals surface area contributed by atoms with Crippen molar-refractivity contribution >= 4 is 11.8 Å². The molecular formula is C17H21FN2O2. The third-order valence-electron chi connectivity index (χ3n) is 3.96. The molecule has 1 heterocycles. The van der Waals surface area contributed by atoms with Gasteiger partial charge in [0.2, 0.25) is 11.8 Å². The van der Waals surface area contributed by atoms with Crippen molar-refractivity contribution in [3.63, 3.8) is 0 Å². The van der Waals surface area contributed by atoms with Gasteiger partial charge in [-0.3, -0.25) is 9.59 Å². The van der Waals surface area contributed by atoms with Crippen molar-refractivity contribution in [3.05, 3.63) is 48.3 Å². The van der Waals surface area contributed by atoms with Gasteiger partial charge in [0.25, 0.3) is 0 Å². The third kappa shape index (κ3) is 3.72. The Morgan fingerprint density at radius 2 is 2.09 bits per heavy atom. The van der Waals surface area contributed by atoms with Crippen LogP contribution in [0.2, 0.25) is 0 Å². The van der Waals surface area contributed by atoms with E-state index in [0.717, 1.165) is 0 Å². The van der Waals surface area contributed by atoms with E-state index in [1.165, 1.54) is 12.1 Å². The summed E-state index contributed by atoms with van der Waals surface area (Å²) in [4.78, 5) is 27.0. The Kier molecular flexibility index (Phi) is 5.31. The van der Waals surface area contributed by atoms with Crippen LogP contribution in [0.15, 0.2) is 36.9 Å². The maximum atomic E-state index is 13.7. The summed E-state index contributed by atoms with van der Waals surface area (Å²) in [5, 5.41) is 0. The molecule has 2 amide bonds. The number of rotatable bonds is 6. The summed E-state index contributed by atoms with van der Waals surface area (Å²) in [6.45, 7) is 7.33. The van der Waals surface area contributed by atoms with Gasteiger partial charge in [-0.2, -0.15) is 0 Å². The molecule has 4 nitrogen and oxygen atoms in total. The number of carbonyl (C=O) groups is 2. The van der Waals surface area contributed by atoms with Crippen LogP contribution in [0, 0.1) is 11.7 Å². The molecule has 1 fully saturated rings. The molecule has 1 aromatic rings. The van der Waals surface area contributed by atoms with Crippen molar-refractivity contribution in [3.8, 4) is 0 Å². The molecule has 0 aliphatic carbocycles. The predicted octanol–water partition coefficient (Wildman–Crippen LogP) is 2.21. The Bertz CT molecular complexity index is 568. The quantitative estimate of drug-likeness (QED) is 0.756. The molecule has 0 atom stereocenters. The van der Waals surface area contributed by atoms with Crippen molar-refractivity contribution in [2.75, 3.05) is 19.6 Å². The SMILES string of the molecule is C=CC(=O)N1CC(CC(=O)N(CC)Cc2ccccc2F)C1. The highest BCUT2D eigenvalue weighted by Gasteiger charge is 2.31. The van der Waals surface area contributed by atoms with Gasteiger partial charge in [-0.05, 0) is 19.1 Å². The fourth-order valence-electron chi connectivity index (χ4n) is 2.59. The van der Waals surface area contributed by atoms with Crippen LogP contribution in [0.4, 0.5) is 4.39 Å². The standard InChI is InChI=1S/C17H21FN2O2/c1-3-16(21)20-10-13(11-20)9-17(22)19(4-2)12-14-7-5-6-8-15(14)18/h3,5-8,13H,1,4,9-12H2,2H3. The van der Waals surface area contributed by atoms with Gasteiger partial charge in [0, 0.05) is 44.1 Å². The van der Waals surface area contributed by atoms with Gasteiger partial charge >= 0.3 is 0 Å². The van der Waals surface area contributed by atoms with Crippen molar-refractivity contribution in [2.45, 2.75) is 19.9 Å². The molecule has 5 heteroatoms. The van der Waals surface area contributed by atoms with E-state index in [4.69, 9.17) is 0 Å². The Morgan fingerprint density at radius 3 is 2.68 bits per heavy atom. The van der Waals surface area contributed by atoms with Crippen LogP contribution in [-0.4, -0.2) is 41.2 Å². The summed E-state index contributed by atoms with van der Waals surface area (Å²) in [6, 6.07) is 6.50. The maximum Gasteiger partial charge on any atom is 0.245 e. The second kappa shape index (κ2) is 7.20. The van der Waals surface area contributed by atoms with E-state index in [-0.39, 0.29) is 30.1 Å². The van der Waals surface area contributed by atoms with E-state index in [1.54, 1.807) is 28.0 Å². The van der Waals surface area contributed by atoms with Crippen molar-refractivity contribution in [1.29, 1.82) is 0 Å². The molecule has 118 valence electrons. The second-order valence-electron chi connectivity index (χ2n) is 5.52. The lowest BCUT2D eigenvalue weighted by Crippen LogP contribution is -2.51. The van der Waals surface area contributed by atoms with Crippen LogP contribution in [-0.2, 0) is 16.1 Å². The van der Waals surface area contributed by atoms with Crippen molar-refractivity contribution in [1.82, 2.24) is 9.80 Å². The molecule has 1 aliphatic rings. The highest BCUT2D eigenvalue weighted by molar-refractivity contribution is 5.87. The summed E-state index contributed by atoms with van der Waals surface area (Å²) in [6.07, 6.45) is 1.68. The van der Waals surface area contributed by atoms with Crippen LogP contribution in [0.1, 0.15) is 18.9 Å².